The van der Waals surface area contributed by atoms with Gasteiger partial charge in [-0.3, -0.25) is 14.9 Å². The van der Waals surface area contributed by atoms with Crippen LogP contribution in [-0.4, -0.2) is 23.4 Å². The number of hydrogen-bond acceptors (Lipinski definition) is 5. The van der Waals surface area contributed by atoms with Gasteiger partial charge in [0.2, 0.25) is 5.91 Å². The van der Waals surface area contributed by atoms with E-state index >= 15 is 0 Å². The van der Waals surface area contributed by atoms with Gasteiger partial charge in [-0.15, -0.1) is 0 Å². The Labute approximate surface area is 144 Å². The number of nitro benzene ring substituents is 1. The molecule has 0 spiro atoms. The summed E-state index contributed by atoms with van der Waals surface area (Å²) < 4.78 is 4.94. The highest BCUT2D eigenvalue weighted by molar-refractivity contribution is 6.06. The molecular formula is C18H16N2O5. The highest BCUT2D eigenvalue weighted by Crippen LogP contribution is 2.20. The summed E-state index contributed by atoms with van der Waals surface area (Å²) >= 11 is 0. The smallest absolute Gasteiger partial charge is 0.340 e. The Balaban J connectivity index is 2.16. The number of carbonyl (C=O) groups is 2. The fourth-order valence-electron chi connectivity index (χ4n) is 2.11. The number of esters is 1. The molecule has 0 aromatic heterocycles. The van der Waals surface area contributed by atoms with Crippen molar-refractivity contribution in [2.45, 2.75) is 6.92 Å². The summed E-state index contributed by atoms with van der Waals surface area (Å²) in [7, 11) is 0. The van der Waals surface area contributed by atoms with Crippen molar-refractivity contribution in [1.29, 1.82) is 0 Å². The van der Waals surface area contributed by atoms with Crippen LogP contribution in [0.4, 0.5) is 11.4 Å². The van der Waals surface area contributed by atoms with Crippen LogP contribution >= 0.6 is 0 Å². The van der Waals surface area contributed by atoms with E-state index in [4.69, 9.17) is 4.74 Å². The number of benzene rings is 2. The van der Waals surface area contributed by atoms with E-state index in [1.807, 2.05) is 0 Å². The molecule has 128 valence electrons. The van der Waals surface area contributed by atoms with Gasteiger partial charge in [0.25, 0.3) is 5.69 Å². The van der Waals surface area contributed by atoms with Crippen molar-refractivity contribution in [3.05, 3.63) is 75.8 Å². The van der Waals surface area contributed by atoms with Crippen molar-refractivity contribution in [3.63, 3.8) is 0 Å². The number of nitro groups is 1. The van der Waals surface area contributed by atoms with E-state index < -0.39 is 16.8 Å². The largest absolute Gasteiger partial charge is 0.462 e. The maximum absolute atomic E-state index is 12.1. The number of nitrogens with zero attached hydrogens (tertiary/aromatic N) is 1. The summed E-state index contributed by atoms with van der Waals surface area (Å²) in [5, 5.41) is 13.5. The second kappa shape index (κ2) is 8.39. The topological polar surface area (TPSA) is 98.5 Å². The van der Waals surface area contributed by atoms with Gasteiger partial charge in [-0.1, -0.05) is 24.3 Å². The first kappa shape index (κ1) is 17.9. The van der Waals surface area contributed by atoms with Gasteiger partial charge in [0.05, 0.1) is 28.3 Å². The average molecular weight is 340 g/mol. The third-order valence-corrected chi connectivity index (χ3v) is 3.23. The van der Waals surface area contributed by atoms with Crippen molar-refractivity contribution in [1.82, 2.24) is 0 Å². The maximum atomic E-state index is 12.1. The fourth-order valence-corrected chi connectivity index (χ4v) is 2.11. The maximum Gasteiger partial charge on any atom is 0.340 e. The van der Waals surface area contributed by atoms with E-state index in [-0.39, 0.29) is 17.9 Å². The van der Waals surface area contributed by atoms with Crippen LogP contribution in [0.5, 0.6) is 0 Å². The number of nitrogens with one attached hydrogen (secondary N) is 1. The Morgan fingerprint density at radius 2 is 1.84 bits per heavy atom. The minimum absolute atomic E-state index is 0.0986. The Morgan fingerprint density at radius 1 is 1.16 bits per heavy atom. The first-order valence-electron chi connectivity index (χ1n) is 7.51. The highest BCUT2D eigenvalue weighted by Gasteiger charge is 2.13. The van der Waals surface area contributed by atoms with Gasteiger partial charge in [0.1, 0.15) is 0 Å². The molecule has 0 bridgehead atoms. The van der Waals surface area contributed by atoms with Crippen molar-refractivity contribution >= 4 is 29.3 Å². The molecule has 7 heteroatoms. The molecule has 0 fully saturated rings. The van der Waals surface area contributed by atoms with Gasteiger partial charge in [-0.2, -0.15) is 0 Å². The van der Waals surface area contributed by atoms with Gasteiger partial charge < -0.3 is 10.1 Å². The number of anilines is 1. The number of rotatable bonds is 6. The normalized spacial score (nSPS) is 10.4. The lowest BCUT2D eigenvalue weighted by Crippen LogP contribution is -2.13. The van der Waals surface area contributed by atoms with Crippen molar-refractivity contribution in [2.75, 3.05) is 11.9 Å². The van der Waals surface area contributed by atoms with Crippen LogP contribution in [0.3, 0.4) is 0 Å². The molecule has 1 amide bonds. The van der Waals surface area contributed by atoms with Crippen LogP contribution in [0.15, 0.2) is 54.6 Å². The summed E-state index contributed by atoms with van der Waals surface area (Å²) in [5.41, 5.74) is 0.745. The van der Waals surface area contributed by atoms with E-state index in [0.29, 0.717) is 11.3 Å². The Hall–Kier alpha value is -3.48. The average Bonchev–Trinajstić information content (AvgIpc) is 2.60. The first-order valence-corrected chi connectivity index (χ1v) is 7.51. The van der Waals surface area contributed by atoms with Gasteiger partial charge in [-0.25, -0.2) is 4.79 Å². The zero-order valence-corrected chi connectivity index (χ0v) is 13.5. The van der Waals surface area contributed by atoms with E-state index in [1.54, 1.807) is 43.3 Å². The molecule has 2 rings (SSSR count). The van der Waals surface area contributed by atoms with Gasteiger partial charge in [0, 0.05) is 12.1 Å². The molecule has 2 aromatic rings. The number of ether oxygens (including phenoxy) is 1. The van der Waals surface area contributed by atoms with Crippen LogP contribution in [0.25, 0.3) is 6.08 Å². The second-order valence-electron chi connectivity index (χ2n) is 4.90. The summed E-state index contributed by atoms with van der Waals surface area (Å²) in [6.07, 6.45) is 2.52. The highest BCUT2D eigenvalue weighted by atomic mass is 16.6. The van der Waals surface area contributed by atoms with E-state index in [1.165, 1.54) is 24.3 Å². The molecule has 0 heterocycles. The van der Waals surface area contributed by atoms with E-state index in [2.05, 4.69) is 5.32 Å². The molecule has 2 aromatic carbocycles. The predicted octanol–water partition coefficient (Wildman–Crippen LogP) is 3.42. The minimum atomic E-state index is -0.541. The van der Waals surface area contributed by atoms with Gasteiger partial charge in [-0.05, 0) is 31.2 Å². The number of hydrogen-bond donors (Lipinski definition) is 1. The lowest BCUT2D eigenvalue weighted by molar-refractivity contribution is -0.385. The zero-order chi connectivity index (χ0) is 18.2. The van der Waals surface area contributed by atoms with Gasteiger partial charge in [0.15, 0.2) is 0 Å². The third-order valence-electron chi connectivity index (χ3n) is 3.23. The number of amides is 1. The first-order chi connectivity index (χ1) is 12.0. The fraction of sp³-hybridized carbons (Fsp3) is 0.111. The third kappa shape index (κ3) is 4.74. The quantitative estimate of drug-likeness (QED) is 0.376. The van der Waals surface area contributed by atoms with Crippen molar-refractivity contribution in [2.24, 2.45) is 0 Å². The summed E-state index contributed by atoms with van der Waals surface area (Å²) in [6, 6.07) is 12.5. The molecule has 0 aliphatic rings. The predicted molar refractivity (Wildman–Crippen MR) is 93.2 cm³/mol. The van der Waals surface area contributed by atoms with E-state index in [0.717, 1.165) is 0 Å². The molecule has 1 N–H and O–H groups in total. The summed E-state index contributed by atoms with van der Waals surface area (Å²) in [5.74, 6) is -1.06. The Morgan fingerprint density at radius 3 is 2.56 bits per heavy atom. The molecule has 0 saturated heterocycles. The number of carbonyl (C=O) groups excluding carboxylic acids is 2. The molecule has 25 heavy (non-hydrogen) atoms. The summed E-state index contributed by atoms with van der Waals surface area (Å²) in [6.45, 7) is 1.91. The molecule has 0 atom stereocenters. The van der Waals surface area contributed by atoms with E-state index in [9.17, 15) is 19.7 Å². The van der Waals surface area contributed by atoms with Crippen molar-refractivity contribution < 1.29 is 19.2 Å². The van der Waals surface area contributed by atoms with Crippen LogP contribution in [-0.2, 0) is 9.53 Å². The number of para-hydroxylation sites is 2. The molecule has 0 radical (unpaired) electrons. The van der Waals surface area contributed by atoms with Crippen LogP contribution in [0.2, 0.25) is 0 Å². The molecule has 0 saturated carbocycles. The Kier molecular flexibility index (Phi) is 6.00. The molecule has 7 nitrogen and oxygen atoms in total. The minimum Gasteiger partial charge on any atom is -0.462 e. The monoisotopic (exact) mass is 340 g/mol. The zero-order valence-electron chi connectivity index (χ0n) is 13.5. The summed E-state index contributed by atoms with van der Waals surface area (Å²) in [4.78, 5) is 34.4. The van der Waals surface area contributed by atoms with Crippen LogP contribution < -0.4 is 5.32 Å². The molecular weight excluding hydrogens is 324 g/mol. The standard InChI is InChI=1S/C18H16N2O5/c1-2-25-18(22)14-8-4-5-9-15(14)19-17(21)12-11-13-7-3-6-10-16(13)20(23)24/h3-12H,2H2,1H3,(H,19,21)/b12-11+. The van der Waals surface area contributed by atoms with Crippen LogP contribution in [0, 0.1) is 10.1 Å². The SMILES string of the molecule is CCOC(=O)c1ccccc1NC(=O)/C=C/c1ccccc1[N+](=O)[O-]. The molecule has 0 aliphatic heterocycles. The molecule has 0 unspecified atom stereocenters. The second-order valence-corrected chi connectivity index (χ2v) is 4.90. The lowest BCUT2D eigenvalue weighted by atomic mass is 10.1. The van der Waals surface area contributed by atoms with Gasteiger partial charge >= 0.3 is 5.97 Å². The lowest BCUT2D eigenvalue weighted by Gasteiger charge is -2.08. The van der Waals surface area contributed by atoms with Crippen LogP contribution in [0.1, 0.15) is 22.8 Å². The molecule has 0 aliphatic carbocycles. The Bertz CT molecular complexity index is 830. The van der Waals surface area contributed by atoms with Crippen molar-refractivity contribution in [3.8, 4) is 0 Å².